The van der Waals surface area contributed by atoms with Gasteiger partial charge in [0.15, 0.2) is 0 Å². The van der Waals surface area contributed by atoms with Gasteiger partial charge in [-0.1, -0.05) is 0 Å². The molecule has 1 saturated heterocycles. The summed E-state index contributed by atoms with van der Waals surface area (Å²) in [5.41, 5.74) is 0. The van der Waals surface area contributed by atoms with Crippen molar-refractivity contribution in [1.29, 1.82) is 0 Å². The monoisotopic (exact) mass is 228 g/mol. The zero-order chi connectivity index (χ0) is 12.0. The maximum atomic E-state index is 11.8. The highest BCUT2D eigenvalue weighted by Crippen LogP contribution is 2.09. The van der Waals surface area contributed by atoms with Crippen LogP contribution < -0.4 is 5.32 Å². The van der Waals surface area contributed by atoms with Gasteiger partial charge in [0.2, 0.25) is 5.91 Å². The van der Waals surface area contributed by atoms with E-state index in [4.69, 9.17) is 4.74 Å². The van der Waals surface area contributed by atoms with Gasteiger partial charge in [-0.05, 0) is 33.2 Å². The first-order valence-corrected chi connectivity index (χ1v) is 6.18. The van der Waals surface area contributed by atoms with Crippen LogP contribution in [0.3, 0.4) is 0 Å². The number of nitrogens with zero attached hydrogens (tertiary/aromatic N) is 1. The lowest BCUT2D eigenvalue weighted by atomic mass is 10.1. The minimum absolute atomic E-state index is 0.215. The Labute approximate surface area is 98.3 Å². The molecule has 1 rings (SSSR count). The Morgan fingerprint density at radius 3 is 2.88 bits per heavy atom. The number of carbonyl (C=O) groups excluding carboxylic acids is 1. The molecule has 1 fully saturated rings. The second kappa shape index (κ2) is 6.86. The third-order valence-electron chi connectivity index (χ3n) is 2.89. The fraction of sp³-hybridized carbons (Fsp3) is 0.917. The van der Waals surface area contributed by atoms with Gasteiger partial charge < -0.3 is 15.0 Å². The van der Waals surface area contributed by atoms with Crippen molar-refractivity contribution < 1.29 is 9.53 Å². The van der Waals surface area contributed by atoms with Crippen molar-refractivity contribution in [2.45, 2.75) is 45.3 Å². The van der Waals surface area contributed by atoms with Gasteiger partial charge in [0, 0.05) is 26.1 Å². The lowest BCUT2D eigenvalue weighted by molar-refractivity contribution is -0.131. The Kier molecular flexibility index (Phi) is 5.77. The summed E-state index contributed by atoms with van der Waals surface area (Å²) < 4.78 is 5.42. The van der Waals surface area contributed by atoms with Gasteiger partial charge in [0.25, 0.3) is 0 Å². The minimum Gasteiger partial charge on any atom is -0.377 e. The molecular formula is C12H24N2O2. The molecule has 0 aromatic carbocycles. The standard InChI is InChI=1S/C12H24N2O2/c1-10(2)16-8-7-14(3)12(15)9-11-5-4-6-13-11/h10-11,13H,4-9H2,1-3H3. The molecule has 1 aliphatic rings. The summed E-state index contributed by atoms with van der Waals surface area (Å²) in [6.45, 7) is 6.37. The predicted molar refractivity (Wildman–Crippen MR) is 64.4 cm³/mol. The quantitative estimate of drug-likeness (QED) is 0.738. The van der Waals surface area contributed by atoms with E-state index in [2.05, 4.69) is 5.32 Å². The predicted octanol–water partition coefficient (Wildman–Crippen LogP) is 1.01. The lowest BCUT2D eigenvalue weighted by Gasteiger charge is -2.20. The van der Waals surface area contributed by atoms with Crippen LogP contribution in [-0.2, 0) is 9.53 Å². The molecule has 16 heavy (non-hydrogen) atoms. The third-order valence-corrected chi connectivity index (χ3v) is 2.89. The SMILES string of the molecule is CC(C)OCCN(C)C(=O)CC1CCCN1. The van der Waals surface area contributed by atoms with Crippen LogP contribution in [0.25, 0.3) is 0 Å². The Balaban J connectivity index is 2.14. The van der Waals surface area contributed by atoms with Crippen molar-refractivity contribution in [3.05, 3.63) is 0 Å². The lowest BCUT2D eigenvalue weighted by Crippen LogP contribution is -2.35. The maximum absolute atomic E-state index is 11.8. The molecular weight excluding hydrogens is 204 g/mol. The fourth-order valence-electron chi connectivity index (χ4n) is 1.85. The number of hydrogen-bond donors (Lipinski definition) is 1. The summed E-state index contributed by atoms with van der Waals surface area (Å²) in [6.07, 6.45) is 3.18. The first-order chi connectivity index (χ1) is 7.59. The molecule has 0 spiro atoms. The molecule has 1 unspecified atom stereocenters. The van der Waals surface area contributed by atoms with Crippen molar-refractivity contribution >= 4 is 5.91 Å². The average molecular weight is 228 g/mol. The van der Waals surface area contributed by atoms with E-state index in [1.807, 2.05) is 20.9 Å². The zero-order valence-electron chi connectivity index (χ0n) is 10.7. The number of amides is 1. The van der Waals surface area contributed by atoms with Crippen molar-refractivity contribution in [1.82, 2.24) is 10.2 Å². The molecule has 1 heterocycles. The fourth-order valence-corrected chi connectivity index (χ4v) is 1.85. The second-order valence-electron chi connectivity index (χ2n) is 4.73. The molecule has 0 bridgehead atoms. The first-order valence-electron chi connectivity index (χ1n) is 6.18. The smallest absolute Gasteiger partial charge is 0.223 e. The first kappa shape index (κ1) is 13.5. The van der Waals surface area contributed by atoms with Crippen molar-refractivity contribution in [2.75, 3.05) is 26.7 Å². The van der Waals surface area contributed by atoms with Gasteiger partial charge in [-0.3, -0.25) is 4.79 Å². The summed E-state index contributed by atoms with van der Waals surface area (Å²) in [7, 11) is 1.85. The molecule has 0 saturated carbocycles. The minimum atomic E-state index is 0.215. The van der Waals surface area contributed by atoms with Crippen LogP contribution >= 0.6 is 0 Å². The van der Waals surface area contributed by atoms with Crippen LogP contribution in [0.4, 0.5) is 0 Å². The van der Waals surface area contributed by atoms with E-state index in [0.717, 1.165) is 13.0 Å². The molecule has 4 heteroatoms. The van der Waals surface area contributed by atoms with Crippen molar-refractivity contribution in [2.24, 2.45) is 0 Å². The molecule has 1 atom stereocenters. The van der Waals surface area contributed by atoms with Crippen LogP contribution in [0.15, 0.2) is 0 Å². The normalized spacial score (nSPS) is 20.4. The summed E-state index contributed by atoms with van der Waals surface area (Å²) in [4.78, 5) is 13.6. The van der Waals surface area contributed by atoms with Crippen molar-refractivity contribution in [3.8, 4) is 0 Å². The van der Waals surface area contributed by atoms with E-state index in [1.165, 1.54) is 6.42 Å². The molecule has 4 nitrogen and oxygen atoms in total. The average Bonchev–Trinajstić information content (AvgIpc) is 2.69. The summed E-state index contributed by atoms with van der Waals surface area (Å²) in [5, 5.41) is 3.34. The van der Waals surface area contributed by atoms with E-state index in [0.29, 0.717) is 25.6 Å². The Bertz CT molecular complexity index is 213. The van der Waals surface area contributed by atoms with Crippen LogP contribution in [0, 0.1) is 0 Å². The Morgan fingerprint density at radius 1 is 1.56 bits per heavy atom. The van der Waals surface area contributed by atoms with Gasteiger partial charge in [-0.25, -0.2) is 0 Å². The van der Waals surface area contributed by atoms with E-state index in [9.17, 15) is 4.79 Å². The van der Waals surface area contributed by atoms with Crippen LogP contribution in [-0.4, -0.2) is 49.7 Å². The molecule has 1 N–H and O–H groups in total. The van der Waals surface area contributed by atoms with E-state index >= 15 is 0 Å². The zero-order valence-corrected chi connectivity index (χ0v) is 10.7. The Morgan fingerprint density at radius 2 is 2.31 bits per heavy atom. The van der Waals surface area contributed by atoms with E-state index in [1.54, 1.807) is 4.90 Å². The topological polar surface area (TPSA) is 41.6 Å². The summed E-state index contributed by atoms with van der Waals surface area (Å²) >= 11 is 0. The van der Waals surface area contributed by atoms with Crippen LogP contribution in [0.5, 0.6) is 0 Å². The van der Waals surface area contributed by atoms with Gasteiger partial charge in [-0.2, -0.15) is 0 Å². The van der Waals surface area contributed by atoms with Crippen LogP contribution in [0.2, 0.25) is 0 Å². The largest absolute Gasteiger partial charge is 0.377 e. The van der Waals surface area contributed by atoms with E-state index < -0.39 is 0 Å². The van der Waals surface area contributed by atoms with Gasteiger partial charge >= 0.3 is 0 Å². The summed E-state index contributed by atoms with van der Waals surface area (Å²) in [5.74, 6) is 0.215. The van der Waals surface area contributed by atoms with Gasteiger partial charge in [-0.15, -0.1) is 0 Å². The molecule has 1 amide bonds. The second-order valence-corrected chi connectivity index (χ2v) is 4.73. The molecule has 0 aliphatic carbocycles. The number of likely N-dealkylation sites (N-methyl/N-ethyl adjacent to an activating group) is 1. The summed E-state index contributed by atoms with van der Waals surface area (Å²) in [6, 6.07) is 0.390. The van der Waals surface area contributed by atoms with E-state index in [-0.39, 0.29) is 12.0 Å². The number of rotatable bonds is 6. The molecule has 94 valence electrons. The molecule has 0 aromatic heterocycles. The highest BCUT2D eigenvalue weighted by atomic mass is 16.5. The third kappa shape index (κ3) is 4.94. The maximum Gasteiger partial charge on any atom is 0.223 e. The number of nitrogens with one attached hydrogen (secondary N) is 1. The van der Waals surface area contributed by atoms with Crippen molar-refractivity contribution in [3.63, 3.8) is 0 Å². The molecule has 1 aliphatic heterocycles. The number of ether oxygens (including phenoxy) is 1. The van der Waals surface area contributed by atoms with Gasteiger partial charge in [0.05, 0.1) is 12.7 Å². The highest BCUT2D eigenvalue weighted by molar-refractivity contribution is 5.76. The Hall–Kier alpha value is -0.610. The number of carbonyl (C=O) groups is 1. The van der Waals surface area contributed by atoms with Gasteiger partial charge in [0.1, 0.15) is 0 Å². The molecule has 0 radical (unpaired) electrons. The molecule has 0 aromatic rings. The van der Waals surface area contributed by atoms with Crippen LogP contribution in [0.1, 0.15) is 33.1 Å². The number of hydrogen-bond acceptors (Lipinski definition) is 3. The highest BCUT2D eigenvalue weighted by Gasteiger charge is 2.19.